The number of rotatable bonds is 0. The fourth-order valence-corrected chi connectivity index (χ4v) is 2.40. The van der Waals surface area contributed by atoms with Gasteiger partial charge in [-0.05, 0) is 18.3 Å². The highest BCUT2D eigenvalue weighted by atomic mass is 14.3. The van der Waals surface area contributed by atoms with Crippen LogP contribution in [0.25, 0.3) is 0 Å². The number of hydrogen-bond acceptors (Lipinski definition) is 0. The predicted octanol–water partition coefficient (Wildman–Crippen LogP) is 2.59. The third-order valence-electron chi connectivity index (χ3n) is 2.87. The maximum atomic E-state index is 1.58. The first kappa shape index (κ1) is 4.84. The Bertz CT molecular complexity index is 72.0. The molecule has 2 atom stereocenters. The Labute approximate surface area is 51.3 Å². The molecule has 0 spiro atoms. The molecule has 0 heterocycles. The van der Waals surface area contributed by atoms with E-state index in [9.17, 15) is 0 Å². The van der Waals surface area contributed by atoms with Gasteiger partial charge in [-0.25, -0.2) is 0 Å². The van der Waals surface area contributed by atoms with Gasteiger partial charge in [-0.3, -0.25) is 0 Å². The second-order valence-electron chi connectivity index (χ2n) is 3.48. The summed E-state index contributed by atoms with van der Waals surface area (Å²) in [7, 11) is 0. The van der Waals surface area contributed by atoms with Gasteiger partial charge in [0.15, 0.2) is 0 Å². The van der Waals surface area contributed by atoms with Gasteiger partial charge >= 0.3 is 0 Å². The Morgan fingerprint density at radius 1 is 0.750 bits per heavy atom. The average Bonchev–Trinajstić information content (AvgIpc) is 2.12. The van der Waals surface area contributed by atoms with E-state index in [4.69, 9.17) is 0 Å². The molecular formula is C8H14. The van der Waals surface area contributed by atoms with Gasteiger partial charge in [0.05, 0.1) is 0 Å². The maximum Gasteiger partial charge on any atom is -0.0412 e. The van der Waals surface area contributed by atoms with Crippen molar-refractivity contribution in [1.82, 2.24) is 0 Å². The van der Waals surface area contributed by atoms with Crippen molar-refractivity contribution in [1.29, 1.82) is 0 Å². The molecule has 8 heavy (non-hydrogen) atoms. The van der Waals surface area contributed by atoms with Crippen LogP contribution >= 0.6 is 0 Å². The third-order valence-corrected chi connectivity index (χ3v) is 2.87. The van der Waals surface area contributed by atoms with Gasteiger partial charge in [-0.2, -0.15) is 0 Å². The number of hydrogen-bond donors (Lipinski definition) is 0. The molecule has 0 heteroatoms. The average molecular weight is 110 g/mol. The normalized spacial score (nSPS) is 45.0. The molecule has 2 saturated carbocycles. The van der Waals surface area contributed by atoms with E-state index in [-0.39, 0.29) is 0 Å². The van der Waals surface area contributed by atoms with Crippen LogP contribution in [0.2, 0.25) is 0 Å². The van der Waals surface area contributed by atoms with Gasteiger partial charge in [0.25, 0.3) is 0 Å². The maximum absolute atomic E-state index is 1.58. The second-order valence-corrected chi connectivity index (χ2v) is 3.48. The summed E-state index contributed by atoms with van der Waals surface area (Å²) in [5.41, 5.74) is 0. The molecule has 46 valence electrons. The first-order valence-corrected chi connectivity index (χ1v) is 3.95. The Balaban J connectivity index is 2.03. The lowest BCUT2D eigenvalue weighted by Gasteiger charge is -2.16. The van der Waals surface area contributed by atoms with E-state index in [1.54, 1.807) is 32.1 Å². The molecule has 0 aromatic heterocycles. The van der Waals surface area contributed by atoms with E-state index in [1.807, 2.05) is 0 Å². The Morgan fingerprint density at radius 3 is 1.88 bits per heavy atom. The summed E-state index contributed by atoms with van der Waals surface area (Å²) >= 11 is 0. The predicted molar refractivity (Wildman–Crippen MR) is 34.7 cm³/mol. The molecule has 0 radical (unpaired) electrons. The lowest BCUT2D eigenvalue weighted by molar-refractivity contribution is 0.359. The zero-order chi connectivity index (χ0) is 5.40. The van der Waals surface area contributed by atoms with Crippen molar-refractivity contribution in [3.05, 3.63) is 0 Å². The van der Waals surface area contributed by atoms with E-state index in [2.05, 4.69) is 0 Å². The van der Waals surface area contributed by atoms with Crippen LogP contribution in [-0.4, -0.2) is 0 Å². The van der Waals surface area contributed by atoms with Crippen molar-refractivity contribution in [3.8, 4) is 0 Å². The summed E-state index contributed by atoms with van der Waals surface area (Å²) in [6.45, 7) is 0. The quantitative estimate of drug-likeness (QED) is 0.449. The lowest BCUT2D eigenvalue weighted by Crippen LogP contribution is -2.03. The molecule has 2 aliphatic rings. The molecule has 0 amide bonds. The minimum absolute atomic E-state index is 1.16. The molecule has 0 nitrogen and oxygen atoms in total. The van der Waals surface area contributed by atoms with E-state index < -0.39 is 0 Å². The topological polar surface area (TPSA) is 0 Å². The minimum atomic E-state index is 1.16. The fourth-order valence-electron chi connectivity index (χ4n) is 2.40. The smallest absolute Gasteiger partial charge is 0.0412 e. The molecular weight excluding hydrogens is 96.1 g/mol. The van der Waals surface area contributed by atoms with Crippen LogP contribution in [0.4, 0.5) is 0 Å². The van der Waals surface area contributed by atoms with E-state index >= 15 is 0 Å². The summed E-state index contributed by atoms with van der Waals surface area (Å²) in [5.74, 6) is 2.32. The van der Waals surface area contributed by atoms with E-state index in [1.165, 1.54) is 6.42 Å². The van der Waals surface area contributed by atoms with Crippen molar-refractivity contribution < 1.29 is 0 Å². The number of fused-ring (bicyclic) bond motifs is 2. The largest absolute Gasteiger partial charge is 0.0528 e. The van der Waals surface area contributed by atoms with Crippen LogP contribution in [0.3, 0.4) is 0 Å². The van der Waals surface area contributed by atoms with Crippen molar-refractivity contribution in [3.63, 3.8) is 0 Å². The summed E-state index contributed by atoms with van der Waals surface area (Å²) in [6.07, 6.45) is 9.34. The standard InChI is InChI=1S/C8H14/c1-2-7-4-5-8(3-1)6-7/h7-8H,1-6H2. The van der Waals surface area contributed by atoms with Gasteiger partial charge in [0.2, 0.25) is 0 Å². The molecule has 0 aliphatic heterocycles. The van der Waals surface area contributed by atoms with Gasteiger partial charge in [-0.15, -0.1) is 0 Å². The zero-order valence-corrected chi connectivity index (χ0v) is 5.40. The molecule has 2 aliphatic carbocycles. The van der Waals surface area contributed by atoms with Crippen LogP contribution in [-0.2, 0) is 0 Å². The Kier molecular flexibility index (Phi) is 1.06. The monoisotopic (exact) mass is 110 g/mol. The zero-order valence-electron chi connectivity index (χ0n) is 5.40. The van der Waals surface area contributed by atoms with Gasteiger partial charge in [0, 0.05) is 0 Å². The third kappa shape index (κ3) is 0.667. The van der Waals surface area contributed by atoms with Crippen molar-refractivity contribution in [2.75, 3.05) is 0 Å². The van der Waals surface area contributed by atoms with Crippen LogP contribution in [0, 0.1) is 11.8 Å². The van der Waals surface area contributed by atoms with Crippen LogP contribution in [0.15, 0.2) is 0 Å². The van der Waals surface area contributed by atoms with E-state index in [0.717, 1.165) is 11.8 Å². The van der Waals surface area contributed by atoms with Crippen molar-refractivity contribution >= 4 is 0 Å². The summed E-state index contributed by atoms with van der Waals surface area (Å²) in [5, 5.41) is 0. The molecule has 0 aromatic carbocycles. The first-order valence-electron chi connectivity index (χ1n) is 3.95. The summed E-state index contributed by atoms with van der Waals surface area (Å²) in [4.78, 5) is 0. The minimum Gasteiger partial charge on any atom is -0.0528 e. The molecule has 2 fully saturated rings. The molecule has 0 aromatic rings. The SMILES string of the molecule is C1CC2CCC(C1)C2. The highest BCUT2D eigenvalue weighted by Gasteiger charge is 2.27. The van der Waals surface area contributed by atoms with Gasteiger partial charge in [-0.1, -0.05) is 32.1 Å². The van der Waals surface area contributed by atoms with Crippen LogP contribution < -0.4 is 0 Å². The highest BCUT2D eigenvalue weighted by molar-refractivity contribution is 4.80. The van der Waals surface area contributed by atoms with Gasteiger partial charge < -0.3 is 0 Å². The van der Waals surface area contributed by atoms with Crippen LogP contribution in [0.1, 0.15) is 38.5 Å². The molecule has 0 N–H and O–H groups in total. The van der Waals surface area contributed by atoms with Crippen molar-refractivity contribution in [2.24, 2.45) is 11.8 Å². The van der Waals surface area contributed by atoms with Crippen LogP contribution in [0.5, 0.6) is 0 Å². The first-order chi connectivity index (χ1) is 3.95. The van der Waals surface area contributed by atoms with Crippen molar-refractivity contribution in [2.45, 2.75) is 38.5 Å². The second kappa shape index (κ2) is 1.75. The molecule has 2 unspecified atom stereocenters. The fraction of sp³-hybridized carbons (Fsp3) is 1.00. The Morgan fingerprint density at radius 2 is 1.38 bits per heavy atom. The van der Waals surface area contributed by atoms with Gasteiger partial charge in [0.1, 0.15) is 0 Å². The molecule has 2 rings (SSSR count). The van der Waals surface area contributed by atoms with E-state index in [0.29, 0.717) is 0 Å². The molecule has 0 saturated heterocycles. The lowest BCUT2D eigenvalue weighted by atomic mass is 9.89. The Hall–Kier alpha value is 0. The molecule has 2 bridgehead atoms. The highest BCUT2D eigenvalue weighted by Crippen LogP contribution is 2.41. The summed E-state index contributed by atoms with van der Waals surface area (Å²) in [6, 6.07) is 0. The summed E-state index contributed by atoms with van der Waals surface area (Å²) < 4.78 is 0.